The third-order valence-corrected chi connectivity index (χ3v) is 1.99. The zero-order chi connectivity index (χ0) is 9.90. The van der Waals surface area contributed by atoms with Gasteiger partial charge in [0.1, 0.15) is 6.10 Å². The first-order valence-electron chi connectivity index (χ1n) is 4.23. The van der Waals surface area contributed by atoms with E-state index in [-0.39, 0.29) is 19.6 Å². The van der Waals surface area contributed by atoms with Crippen LogP contribution in [0.15, 0.2) is 0 Å². The molecule has 1 saturated heterocycles. The highest BCUT2D eigenvalue weighted by molar-refractivity contribution is 5.80. The molecular formula is C8H13FO4. The van der Waals surface area contributed by atoms with Crippen molar-refractivity contribution in [2.45, 2.75) is 25.1 Å². The fraction of sp³-hybridized carbons (Fsp3) is 0.875. The zero-order valence-electron chi connectivity index (χ0n) is 7.46. The number of halogens is 1. The van der Waals surface area contributed by atoms with E-state index < -0.39 is 24.3 Å². The standard InChI is InChI=1S/C8H13FO4/c1-2-13-7(11)8(9)5-12-4-3-6(8)10/h6,10H,2-5H2,1H3. The van der Waals surface area contributed by atoms with Gasteiger partial charge in [-0.15, -0.1) is 0 Å². The maximum Gasteiger partial charge on any atom is 0.349 e. The summed E-state index contributed by atoms with van der Waals surface area (Å²) >= 11 is 0. The topological polar surface area (TPSA) is 55.8 Å². The molecule has 0 aromatic heterocycles. The molecule has 0 spiro atoms. The number of esters is 1. The zero-order valence-corrected chi connectivity index (χ0v) is 7.46. The predicted octanol–water partition coefficient (Wildman–Crippen LogP) is 0.0390. The molecule has 13 heavy (non-hydrogen) atoms. The van der Waals surface area contributed by atoms with E-state index in [4.69, 9.17) is 4.74 Å². The van der Waals surface area contributed by atoms with Crippen LogP contribution in [0.4, 0.5) is 4.39 Å². The van der Waals surface area contributed by atoms with Crippen LogP contribution in [0.2, 0.25) is 0 Å². The van der Waals surface area contributed by atoms with E-state index in [2.05, 4.69) is 4.74 Å². The number of aliphatic hydroxyl groups is 1. The Morgan fingerprint density at radius 3 is 3.08 bits per heavy atom. The third kappa shape index (κ3) is 1.97. The highest BCUT2D eigenvalue weighted by atomic mass is 19.1. The lowest BCUT2D eigenvalue weighted by molar-refractivity contribution is -0.182. The number of hydrogen-bond donors (Lipinski definition) is 1. The quantitative estimate of drug-likeness (QED) is 0.627. The van der Waals surface area contributed by atoms with E-state index in [1.165, 1.54) is 0 Å². The molecule has 0 aromatic carbocycles. The second-order valence-electron chi connectivity index (χ2n) is 2.94. The van der Waals surface area contributed by atoms with Gasteiger partial charge in [-0.05, 0) is 6.92 Å². The van der Waals surface area contributed by atoms with Crippen LogP contribution in [0, 0.1) is 0 Å². The van der Waals surface area contributed by atoms with Crippen LogP contribution >= 0.6 is 0 Å². The van der Waals surface area contributed by atoms with Crippen molar-refractivity contribution in [1.29, 1.82) is 0 Å². The van der Waals surface area contributed by atoms with Crippen molar-refractivity contribution >= 4 is 5.97 Å². The minimum Gasteiger partial charge on any atom is -0.463 e. The lowest BCUT2D eigenvalue weighted by atomic mass is 9.95. The van der Waals surface area contributed by atoms with Crippen LogP contribution < -0.4 is 0 Å². The van der Waals surface area contributed by atoms with Crippen LogP contribution in [0.1, 0.15) is 13.3 Å². The number of ether oxygens (including phenoxy) is 2. The highest BCUT2D eigenvalue weighted by Gasteiger charge is 2.49. The van der Waals surface area contributed by atoms with Gasteiger partial charge in [0.05, 0.1) is 13.2 Å². The average molecular weight is 192 g/mol. The Hall–Kier alpha value is -0.680. The highest BCUT2D eigenvalue weighted by Crippen LogP contribution is 2.25. The third-order valence-electron chi connectivity index (χ3n) is 1.99. The van der Waals surface area contributed by atoms with Gasteiger partial charge in [0.2, 0.25) is 0 Å². The van der Waals surface area contributed by atoms with E-state index in [1.807, 2.05) is 0 Å². The summed E-state index contributed by atoms with van der Waals surface area (Å²) in [5, 5.41) is 9.27. The maximum atomic E-state index is 13.7. The Morgan fingerprint density at radius 1 is 1.85 bits per heavy atom. The fourth-order valence-electron chi connectivity index (χ4n) is 1.19. The number of rotatable bonds is 2. The summed E-state index contributed by atoms with van der Waals surface area (Å²) in [5.74, 6) is -1.04. The minimum atomic E-state index is -2.38. The molecule has 0 saturated carbocycles. The lowest BCUT2D eigenvalue weighted by Crippen LogP contribution is -2.53. The number of carbonyl (C=O) groups excluding carboxylic acids is 1. The second kappa shape index (κ2) is 4.02. The summed E-state index contributed by atoms with van der Waals surface area (Å²) in [7, 11) is 0. The molecule has 1 N–H and O–H groups in total. The molecule has 76 valence electrons. The first kappa shape index (κ1) is 10.4. The molecule has 1 rings (SSSR count). The molecular weight excluding hydrogens is 179 g/mol. The molecule has 1 fully saturated rings. The fourth-order valence-corrected chi connectivity index (χ4v) is 1.19. The van der Waals surface area contributed by atoms with Gasteiger partial charge in [0, 0.05) is 13.0 Å². The Bertz CT molecular complexity index is 197. The molecule has 0 bridgehead atoms. The normalized spacial score (nSPS) is 34.2. The van der Waals surface area contributed by atoms with Gasteiger partial charge in [-0.3, -0.25) is 0 Å². The van der Waals surface area contributed by atoms with Crippen molar-refractivity contribution in [2.24, 2.45) is 0 Å². The molecule has 0 aliphatic carbocycles. The minimum absolute atomic E-state index is 0.0945. The summed E-state index contributed by atoms with van der Waals surface area (Å²) in [5.41, 5.74) is -2.38. The van der Waals surface area contributed by atoms with Gasteiger partial charge in [-0.1, -0.05) is 0 Å². The van der Waals surface area contributed by atoms with Crippen LogP contribution in [0.5, 0.6) is 0 Å². The number of alkyl halides is 1. The van der Waals surface area contributed by atoms with Crippen LogP contribution in [0.25, 0.3) is 0 Å². The van der Waals surface area contributed by atoms with E-state index in [1.54, 1.807) is 6.92 Å². The Kier molecular flexibility index (Phi) is 3.22. The van der Waals surface area contributed by atoms with Gasteiger partial charge < -0.3 is 14.6 Å². The summed E-state index contributed by atoms with van der Waals surface area (Å²) in [6, 6.07) is 0. The summed E-state index contributed by atoms with van der Waals surface area (Å²) in [6.07, 6.45) is -1.20. The van der Waals surface area contributed by atoms with Gasteiger partial charge in [0.25, 0.3) is 5.67 Å². The van der Waals surface area contributed by atoms with Crippen molar-refractivity contribution in [3.05, 3.63) is 0 Å². The molecule has 1 aliphatic heterocycles. The molecule has 1 aliphatic rings. The molecule has 1 heterocycles. The lowest BCUT2D eigenvalue weighted by Gasteiger charge is -2.31. The van der Waals surface area contributed by atoms with E-state index >= 15 is 0 Å². The first-order chi connectivity index (χ1) is 6.11. The smallest absolute Gasteiger partial charge is 0.349 e. The van der Waals surface area contributed by atoms with Gasteiger partial charge >= 0.3 is 5.97 Å². The van der Waals surface area contributed by atoms with E-state index in [0.717, 1.165) is 0 Å². The molecule has 0 radical (unpaired) electrons. The SMILES string of the molecule is CCOC(=O)C1(F)COCCC1O. The van der Waals surface area contributed by atoms with Crippen molar-refractivity contribution < 1.29 is 23.8 Å². The Balaban J connectivity index is 2.65. The number of hydrogen-bond acceptors (Lipinski definition) is 4. The molecule has 4 nitrogen and oxygen atoms in total. The van der Waals surface area contributed by atoms with Gasteiger partial charge in [-0.2, -0.15) is 0 Å². The van der Waals surface area contributed by atoms with Crippen LogP contribution in [-0.2, 0) is 14.3 Å². The monoisotopic (exact) mass is 192 g/mol. The number of aliphatic hydroxyl groups excluding tert-OH is 1. The number of carbonyl (C=O) groups is 1. The van der Waals surface area contributed by atoms with Crippen molar-refractivity contribution in [3.8, 4) is 0 Å². The average Bonchev–Trinajstić information content (AvgIpc) is 2.11. The predicted molar refractivity (Wildman–Crippen MR) is 41.9 cm³/mol. The van der Waals surface area contributed by atoms with E-state index in [9.17, 15) is 14.3 Å². The van der Waals surface area contributed by atoms with Crippen molar-refractivity contribution in [1.82, 2.24) is 0 Å². The molecule has 5 heteroatoms. The van der Waals surface area contributed by atoms with E-state index in [0.29, 0.717) is 0 Å². The van der Waals surface area contributed by atoms with Crippen molar-refractivity contribution in [3.63, 3.8) is 0 Å². The van der Waals surface area contributed by atoms with Gasteiger partial charge in [0.15, 0.2) is 0 Å². The van der Waals surface area contributed by atoms with Crippen molar-refractivity contribution in [2.75, 3.05) is 19.8 Å². The molecule has 2 atom stereocenters. The van der Waals surface area contributed by atoms with Gasteiger partial charge in [-0.25, -0.2) is 9.18 Å². The van der Waals surface area contributed by atoms with Crippen LogP contribution in [0.3, 0.4) is 0 Å². The summed E-state index contributed by atoms with van der Waals surface area (Å²) in [6.45, 7) is 1.52. The van der Waals surface area contributed by atoms with Crippen LogP contribution in [-0.4, -0.2) is 42.7 Å². The second-order valence-corrected chi connectivity index (χ2v) is 2.94. The molecule has 0 aromatic rings. The maximum absolute atomic E-state index is 13.7. The Morgan fingerprint density at radius 2 is 2.54 bits per heavy atom. The Labute approximate surface area is 75.6 Å². The molecule has 0 amide bonds. The molecule has 2 unspecified atom stereocenters. The largest absolute Gasteiger partial charge is 0.463 e. The first-order valence-corrected chi connectivity index (χ1v) is 4.23. The summed E-state index contributed by atoms with van der Waals surface area (Å²) < 4.78 is 23.0. The summed E-state index contributed by atoms with van der Waals surface area (Å²) in [4.78, 5) is 11.1.